The van der Waals surface area contributed by atoms with Gasteiger partial charge in [-0.15, -0.1) is 0 Å². The van der Waals surface area contributed by atoms with Crippen molar-refractivity contribution in [3.05, 3.63) is 0 Å². The average Bonchev–Trinajstić information content (AvgIpc) is 2.98. The van der Waals surface area contributed by atoms with Gasteiger partial charge in [0.05, 0.1) is 12.8 Å². The van der Waals surface area contributed by atoms with Crippen molar-refractivity contribution in [2.24, 2.45) is 0 Å². The van der Waals surface area contributed by atoms with Gasteiger partial charge in [0.2, 0.25) is 0 Å². The topological polar surface area (TPSA) is 79.5 Å². The number of unbranched alkanes of at least 4 members (excludes halogenated alkanes) is 2. The molecule has 1 fully saturated rings. The van der Waals surface area contributed by atoms with E-state index < -0.39 is 0 Å². The van der Waals surface area contributed by atoms with Crippen molar-refractivity contribution >= 4 is 17.3 Å². The van der Waals surface area contributed by atoms with Crippen LogP contribution in [0.3, 0.4) is 0 Å². The number of nitrogens with one attached hydrogen (secondary N) is 1. The standard InChI is InChI=1S/C18H32N6O/c1-14(2)25-18-21-16(19)15-17(22-18)24(13-20-15)12-8-4-7-11-23-9-5-3-6-10-23/h14,20H,3-13H2,1-2H3,(H2,19,21,22). The molecule has 0 saturated carbocycles. The van der Waals surface area contributed by atoms with E-state index in [-0.39, 0.29) is 6.10 Å². The maximum absolute atomic E-state index is 6.04. The lowest BCUT2D eigenvalue weighted by molar-refractivity contribution is 0.222. The van der Waals surface area contributed by atoms with Crippen LogP contribution in [0.25, 0.3) is 0 Å². The molecule has 0 radical (unpaired) electrons. The number of rotatable bonds is 8. The molecule has 0 unspecified atom stereocenters. The summed E-state index contributed by atoms with van der Waals surface area (Å²) in [6.45, 7) is 9.48. The lowest BCUT2D eigenvalue weighted by Gasteiger charge is -2.26. The number of nitrogens with two attached hydrogens (primary N) is 1. The Morgan fingerprint density at radius 2 is 1.84 bits per heavy atom. The van der Waals surface area contributed by atoms with Crippen molar-refractivity contribution in [2.45, 2.75) is 58.5 Å². The van der Waals surface area contributed by atoms with Gasteiger partial charge in [0.1, 0.15) is 5.69 Å². The third-order valence-corrected chi connectivity index (χ3v) is 4.84. The molecule has 1 aromatic heterocycles. The molecule has 0 aliphatic carbocycles. The zero-order valence-electron chi connectivity index (χ0n) is 15.6. The summed E-state index contributed by atoms with van der Waals surface area (Å²) >= 11 is 0. The Kier molecular flexibility index (Phi) is 6.18. The van der Waals surface area contributed by atoms with E-state index in [2.05, 4.69) is 25.1 Å². The molecule has 2 aliphatic heterocycles. The number of nitrogen functional groups attached to an aromatic ring is 1. The van der Waals surface area contributed by atoms with Gasteiger partial charge in [-0.05, 0) is 59.2 Å². The van der Waals surface area contributed by atoms with E-state index in [1.54, 1.807) is 0 Å². The molecular formula is C18H32N6O. The normalized spacial score (nSPS) is 17.6. The number of hydrogen-bond acceptors (Lipinski definition) is 7. The van der Waals surface area contributed by atoms with Crippen LogP contribution in [0, 0.1) is 0 Å². The van der Waals surface area contributed by atoms with Crippen LogP contribution < -0.4 is 20.7 Å². The summed E-state index contributed by atoms with van der Waals surface area (Å²) in [5.41, 5.74) is 6.88. The van der Waals surface area contributed by atoms with Crippen molar-refractivity contribution in [2.75, 3.05) is 48.8 Å². The van der Waals surface area contributed by atoms with E-state index in [0.717, 1.165) is 24.7 Å². The molecule has 1 aromatic rings. The number of aromatic nitrogens is 2. The summed E-state index contributed by atoms with van der Waals surface area (Å²) in [5, 5.41) is 3.30. The number of likely N-dealkylation sites (tertiary alicyclic amines) is 1. The molecule has 7 nitrogen and oxygen atoms in total. The van der Waals surface area contributed by atoms with E-state index >= 15 is 0 Å². The molecule has 0 atom stereocenters. The van der Waals surface area contributed by atoms with Crippen LogP contribution >= 0.6 is 0 Å². The molecule has 0 amide bonds. The van der Waals surface area contributed by atoms with E-state index in [9.17, 15) is 0 Å². The van der Waals surface area contributed by atoms with E-state index in [1.807, 2.05) is 13.8 Å². The zero-order chi connectivity index (χ0) is 17.6. The first kappa shape index (κ1) is 18.0. The predicted octanol–water partition coefficient (Wildman–Crippen LogP) is 2.69. The smallest absolute Gasteiger partial charge is 0.320 e. The minimum atomic E-state index is 0.0371. The van der Waals surface area contributed by atoms with Gasteiger partial charge in [0.15, 0.2) is 11.6 Å². The lowest BCUT2D eigenvalue weighted by atomic mass is 10.1. The van der Waals surface area contributed by atoms with Gasteiger partial charge < -0.3 is 25.6 Å². The van der Waals surface area contributed by atoms with Crippen molar-refractivity contribution in [3.8, 4) is 6.01 Å². The third kappa shape index (κ3) is 4.87. The fourth-order valence-electron chi connectivity index (χ4n) is 3.54. The SMILES string of the molecule is CC(C)Oc1nc(N)c2c(n1)N(CCCCCN1CCCCC1)CN2. The van der Waals surface area contributed by atoms with E-state index in [4.69, 9.17) is 10.5 Å². The van der Waals surface area contributed by atoms with Crippen LogP contribution in [0.5, 0.6) is 6.01 Å². The Morgan fingerprint density at radius 1 is 1.08 bits per heavy atom. The lowest BCUT2D eigenvalue weighted by Crippen LogP contribution is -2.30. The molecule has 7 heteroatoms. The summed E-state index contributed by atoms with van der Waals surface area (Å²) < 4.78 is 5.62. The van der Waals surface area contributed by atoms with Gasteiger partial charge in [-0.1, -0.05) is 12.8 Å². The number of ether oxygens (including phenoxy) is 1. The van der Waals surface area contributed by atoms with Crippen molar-refractivity contribution in [3.63, 3.8) is 0 Å². The van der Waals surface area contributed by atoms with Gasteiger partial charge in [-0.2, -0.15) is 9.97 Å². The minimum absolute atomic E-state index is 0.0371. The van der Waals surface area contributed by atoms with Crippen LogP contribution in [-0.4, -0.2) is 53.8 Å². The van der Waals surface area contributed by atoms with Crippen LogP contribution in [0.1, 0.15) is 52.4 Å². The highest BCUT2D eigenvalue weighted by Crippen LogP contribution is 2.35. The Bertz CT molecular complexity index is 559. The van der Waals surface area contributed by atoms with Gasteiger partial charge in [-0.25, -0.2) is 0 Å². The van der Waals surface area contributed by atoms with Gasteiger partial charge >= 0.3 is 6.01 Å². The molecule has 25 heavy (non-hydrogen) atoms. The maximum atomic E-state index is 6.04. The number of anilines is 3. The average molecular weight is 348 g/mol. The highest BCUT2D eigenvalue weighted by molar-refractivity contribution is 5.80. The highest BCUT2D eigenvalue weighted by Gasteiger charge is 2.24. The largest absolute Gasteiger partial charge is 0.461 e. The van der Waals surface area contributed by atoms with Crippen molar-refractivity contribution in [1.82, 2.24) is 14.9 Å². The van der Waals surface area contributed by atoms with Crippen LogP contribution in [-0.2, 0) is 0 Å². The summed E-state index contributed by atoms with van der Waals surface area (Å²) in [5.74, 6) is 1.34. The fourth-order valence-corrected chi connectivity index (χ4v) is 3.54. The molecule has 3 N–H and O–H groups in total. The molecule has 2 aliphatic rings. The monoisotopic (exact) mass is 348 g/mol. The van der Waals surface area contributed by atoms with Crippen LogP contribution in [0.2, 0.25) is 0 Å². The Morgan fingerprint density at radius 3 is 2.60 bits per heavy atom. The first-order valence-electron chi connectivity index (χ1n) is 9.69. The zero-order valence-corrected chi connectivity index (χ0v) is 15.6. The van der Waals surface area contributed by atoms with Crippen LogP contribution in [0.4, 0.5) is 17.3 Å². The Balaban J connectivity index is 1.46. The van der Waals surface area contributed by atoms with Crippen molar-refractivity contribution in [1.29, 1.82) is 0 Å². The quantitative estimate of drug-likeness (QED) is 0.699. The van der Waals surface area contributed by atoms with Gasteiger partial charge in [0, 0.05) is 6.54 Å². The first-order valence-corrected chi connectivity index (χ1v) is 9.69. The van der Waals surface area contributed by atoms with Gasteiger partial charge in [-0.3, -0.25) is 0 Å². The summed E-state index contributed by atoms with van der Waals surface area (Å²) in [6.07, 6.45) is 7.89. The van der Waals surface area contributed by atoms with Crippen molar-refractivity contribution < 1.29 is 4.74 Å². The molecule has 140 valence electrons. The summed E-state index contributed by atoms with van der Waals surface area (Å²) in [7, 11) is 0. The molecule has 0 aromatic carbocycles. The maximum Gasteiger partial charge on any atom is 0.320 e. The highest BCUT2D eigenvalue weighted by atomic mass is 16.5. The van der Waals surface area contributed by atoms with Crippen LogP contribution in [0.15, 0.2) is 0 Å². The summed E-state index contributed by atoms with van der Waals surface area (Å²) in [6, 6.07) is 0.366. The Labute approximate surface area is 150 Å². The molecule has 3 rings (SSSR count). The molecule has 0 bridgehead atoms. The van der Waals surface area contributed by atoms with Gasteiger partial charge in [0.25, 0.3) is 0 Å². The number of hydrogen-bond donors (Lipinski definition) is 2. The molecule has 0 spiro atoms. The van der Waals surface area contributed by atoms with E-state index in [1.165, 1.54) is 58.2 Å². The first-order chi connectivity index (χ1) is 12.1. The fraction of sp³-hybridized carbons (Fsp3) is 0.778. The second-order valence-corrected chi connectivity index (χ2v) is 7.32. The minimum Gasteiger partial charge on any atom is -0.461 e. The predicted molar refractivity (Wildman–Crippen MR) is 102 cm³/mol. The molecule has 3 heterocycles. The summed E-state index contributed by atoms with van der Waals surface area (Å²) in [4.78, 5) is 13.6. The second kappa shape index (κ2) is 8.56. The molecular weight excluding hydrogens is 316 g/mol. The van der Waals surface area contributed by atoms with E-state index in [0.29, 0.717) is 11.8 Å². The molecule has 1 saturated heterocycles. The number of piperidine rings is 1. The Hall–Kier alpha value is -1.76. The third-order valence-electron chi connectivity index (χ3n) is 4.84. The second-order valence-electron chi connectivity index (χ2n) is 7.32. The number of nitrogens with zero attached hydrogens (tertiary/aromatic N) is 4. The number of fused-ring (bicyclic) bond motifs is 1.